The smallest absolute Gasteiger partial charge is 0.0587 e. The molecule has 4 nitrogen and oxygen atoms in total. The molecule has 1 rings (SSSR count). The Bertz CT molecular complexity index is 161. The van der Waals surface area contributed by atoms with Gasteiger partial charge in [-0.3, -0.25) is 0 Å². The molecule has 90 valence electrons. The van der Waals surface area contributed by atoms with Gasteiger partial charge in [-0.05, 0) is 32.2 Å². The fourth-order valence-electron chi connectivity index (χ4n) is 1.80. The molecule has 15 heavy (non-hydrogen) atoms. The highest BCUT2D eigenvalue weighted by atomic mass is 16.5. The summed E-state index contributed by atoms with van der Waals surface area (Å²) >= 11 is 0. The molecule has 0 heterocycles. The maximum Gasteiger partial charge on any atom is 0.0587 e. The first-order valence-corrected chi connectivity index (χ1v) is 5.83. The van der Waals surface area contributed by atoms with Crippen molar-refractivity contribution in [1.82, 2.24) is 10.6 Å². The second-order valence-electron chi connectivity index (χ2n) is 4.50. The van der Waals surface area contributed by atoms with E-state index in [1.54, 1.807) is 7.11 Å². The van der Waals surface area contributed by atoms with Crippen molar-refractivity contribution in [3.8, 4) is 0 Å². The summed E-state index contributed by atoms with van der Waals surface area (Å²) in [6, 6.07) is 0.486. The van der Waals surface area contributed by atoms with Crippen molar-refractivity contribution in [3.05, 3.63) is 0 Å². The standard InChI is InChI=1S/C11H24N2O2/c1-9(7-12-3-4-15-2)13-8-10-5-11(14)6-10/h9-14H,3-8H2,1-2H3. The van der Waals surface area contributed by atoms with E-state index in [9.17, 15) is 0 Å². The van der Waals surface area contributed by atoms with Crippen molar-refractivity contribution < 1.29 is 9.84 Å². The number of nitrogens with one attached hydrogen (secondary N) is 2. The number of methoxy groups -OCH3 is 1. The number of aliphatic hydroxyl groups is 1. The average molecular weight is 216 g/mol. The van der Waals surface area contributed by atoms with E-state index in [1.807, 2.05) is 0 Å². The van der Waals surface area contributed by atoms with E-state index in [-0.39, 0.29) is 6.10 Å². The Kier molecular flexibility index (Phi) is 6.17. The summed E-state index contributed by atoms with van der Waals surface area (Å²) in [6.07, 6.45) is 1.90. The topological polar surface area (TPSA) is 53.5 Å². The van der Waals surface area contributed by atoms with Crippen LogP contribution < -0.4 is 10.6 Å². The minimum atomic E-state index is -0.0352. The van der Waals surface area contributed by atoms with Crippen molar-refractivity contribution in [3.63, 3.8) is 0 Å². The van der Waals surface area contributed by atoms with Crippen LogP contribution in [0.1, 0.15) is 19.8 Å². The van der Waals surface area contributed by atoms with Gasteiger partial charge in [-0.2, -0.15) is 0 Å². The molecule has 0 spiro atoms. The van der Waals surface area contributed by atoms with E-state index in [1.165, 1.54) is 0 Å². The summed E-state index contributed by atoms with van der Waals surface area (Å²) in [4.78, 5) is 0. The molecule has 0 aromatic carbocycles. The molecule has 0 saturated heterocycles. The van der Waals surface area contributed by atoms with Crippen LogP contribution in [0.15, 0.2) is 0 Å². The lowest BCUT2D eigenvalue weighted by molar-refractivity contribution is 0.0420. The van der Waals surface area contributed by atoms with Crippen LogP contribution in [0.4, 0.5) is 0 Å². The van der Waals surface area contributed by atoms with Crippen LogP contribution >= 0.6 is 0 Å². The minimum Gasteiger partial charge on any atom is -0.393 e. The summed E-state index contributed by atoms with van der Waals surface area (Å²) < 4.78 is 4.95. The number of ether oxygens (including phenoxy) is 1. The third kappa shape index (κ3) is 5.47. The quantitative estimate of drug-likeness (QED) is 0.499. The van der Waals surface area contributed by atoms with Gasteiger partial charge in [0.2, 0.25) is 0 Å². The van der Waals surface area contributed by atoms with Crippen molar-refractivity contribution in [2.24, 2.45) is 5.92 Å². The number of aliphatic hydroxyl groups excluding tert-OH is 1. The fourth-order valence-corrected chi connectivity index (χ4v) is 1.80. The van der Waals surface area contributed by atoms with E-state index >= 15 is 0 Å². The van der Waals surface area contributed by atoms with E-state index < -0.39 is 0 Å². The normalized spacial score (nSPS) is 27.4. The predicted octanol–water partition coefficient (Wildman–Crippen LogP) is -0.0286. The van der Waals surface area contributed by atoms with Crippen molar-refractivity contribution >= 4 is 0 Å². The molecule has 4 heteroatoms. The maximum atomic E-state index is 9.13. The van der Waals surface area contributed by atoms with E-state index in [0.717, 1.165) is 39.1 Å². The summed E-state index contributed by atoms with van der Waals surface area (Å²) in [7, 11) is 1.71. The Morgan fingerprint density at radius 2 is 2.20 bits per heavy atom. The molecular formula is C11H24N2O2. The van der Waals surface area contributed by atoms with Gasteiger partial charge in [-0.1, -0.05) is 0 Å². The van der Waals surface area contributed by atoms with Crippen molar-refractivity contribution in [2.45, 2.75) is 31.9 Å². The summed E-state index contributed by atoms with van der Waals surface area (Å²) in [5, 5.41) is 15.9. The molecule has 1 aliphatic carbocycles. The minimum absolute atomic E-state index is 0.0352. The second kappa shape index (κ2) is 7.17. The van der Waals surface area contributed by atoms with Crippen molar-refractivity contribution in [2.75, 3.05) is 33.4 Å². The van der Waals surface area contributed by atoms with Crippen molar-refractivity contribution in [1.29, 1.82) is 0 Å². The van der Waals surface area contributed by atoms with Gasteiger partial charge in [-0.25, -0.2) is 0 Å². The van der Waals surface area contributed by atoms with Crippen LogP contribution in [0.3, 0.4) is 0 Å². The maximum absolute atomic E-state index is 9.13. The predicted molar refractivity (Wildman–Crippen MR) is 60.9 cm³/mol. The lowest BCUT2D eigenvalue weighted by atomic mass is 9.82. The van der Waals surface area contributed by atoms with Crippen LogP contribution in [-0.2, 0) is 4.74 Å². The van der Waals surface area contributed by atoms with E-state index in [2.05, 4.69) is 17.6 Å². The summed E-state index contributed by atoms with van der Waals surface area (Å²) in [6.45, 7) is 5.85. The first-order chi connectivity index (χ1) is 7.22. The average Bonchev–Trinajstić information content (AvgIpc) is 2.18. The monoisotopic (exact) mass is 216 g/mol. The Hall–Kier alpha value is -0.160. The molecule has 1 unspecified atom stereocenters. The largest absolute Gasteiger partial charge is 0.393 e. The Labute approximate surface area is 92.4 Å². The highest BCUT2D eigenvalue weighted by Crippen LogP contribution is 2.26. The third-order valence-electron chi connectivity index (χ3n) is 2.90. The van der Waals surface area contributed by atoms with Crippen LogP contribution in [0, 0.1) is 5.92 Å². The molecule has 0 aromatic rings. The lowest BCUT2D eigenvalue weighted by Gasteiger charge is -2.32. The Balaban J connectivity index is 1.87. The van der Waals surface area contributed by atoms with Gasteiger partial charge < -0.3 is 20.5 Å². The van der Waals surface area contributed by atoms with Gasteiger partial charge in [0, 0.05) is 26.2 Å². The highest BCUT2D eigenvalue weighted by molar-refractivity contribution is 4.81. The van der Waals surface area contributed by atoms with Crippen LogP contribution in [0.25, 0.3) is 0 Å². The van der Waals surface area contributed by atoms with Gasteiger partial charge in [0.25, 0.3) is 0 Å². The first kappa shape index (κ1) is 12.9. The van der Waals surface area contributed by atoms with Crippen LogP contribution in [0.2, 0.25) is 0 Å². The molecule has 1 atom stereocenters. The van der Waals surface area contributed by atoms with Gasteiger partial charge >= 0.3 is 0 Å². The summed E-state index contributed by atoms with van der Waals surface area (Å²) in [5.41, 5.74) is 0. The fraction of sp³-hybridized carbons (Fsp3) is 1.00. The molecule has 0 amide bonds. The van der Waals surface area contributed by atoms with E-state index in [0.29, 0.717) is 12.0 Å². The molecule has 0 radical (unpaired) electrons. The molecular weight excluding hydrogens is 192 g/mol. The van der Waals surface area contributed by atoms with E-state index in [4.69, 9.17) is 9.84 Å². The number of hydrogen-bond donors (Lipinski definition) is 3. The number of hydrogen-bond acceptors (Lipinski definition) is 4. The summed E-state index contributed by atoms with van der Waals surface area (Å²) in [5.74, 6) is 0.682. The zero-order valence-electron chi connectivity index (χ0n) is 9.83. The van der Waals surface area contributed by atoms with Gasteiger partial charge in [0.15, 0.2) is 0 Å². The lowest BCUT2D eigenvalue weighted by Crippen LogP contribution is -2.43. The van der Waals surface area contributed by atoms with Gasteiger partial charge in [0.1, 0.15) is 0 Å². The molecule has 0 aliphatic heterocycles. The highest BCUT2D eigenvalue weighted by Gasteiger charge is 2.26. The van der Waals surface area contributed by atoms with Crippen LogP contribution in [-0.4, -0.2) is 50.6 Å². The Morgan fingerprint density at radius 1 is 1.47 bits per heavy atom. The molecule has 1 aliphatic rings. The molecule has 0 bridgehead atoms. The molecule has 1 fully saturated rings. The molecule has 0 aromatic heterocycles. The van der Waals surface area contributed by atoms with Gasteiger partial charge in [-0.15, -0.1) is 0 Å². The van der Waals surface area contributed by atoms with Gasteiger partial charge in [0.05, 0.1) is 12.7 Å². The zero-order chi connectivity index (χ0) is 11.1. The number of rotatable bonds is 8. The third-order valence-corrected chi connectivity index (χ3v) is 2.90. The SMILES string of the molecule is COCCNCC(C)NCC1CC(O)C1. The first-order valence-electron chi connectivity index (χ1n) is 5.83. The molecule has 3 N–H and O–H groups in total. The van der Waals surface area contributed by atoms with Crippen LogP contribution in [0.5, 0.6) is 0 Å². The second-order valence-corrected chi connectivity index (χ2v) is 4.50. The zero-order valence-corrected chi connectivity index (χ0v) is 9.83. The Morgan fingerprint density at radius 3 is 2.80 bits per heavy atom. The molecule has 1 saturated carbocycles.